The number of phenolic OH excluding ortho intramolecular Hbond substituents is 1. The molecule has 0 aromatic heterocycles. The number of benzene rings is 2. The van der Waals surface area contributed by atoms with Gasteiger partial charge in [-0.3, -0.25) is 4.79 Å². The van der Waals surface area contributed by atoms with Crippen molar-refractivity contribution < 1.29 is 23.1 Å². The van der Waals surface area contributed by atoms with E-state index in [9.17, 15) is 23.1 Å². The van der Waals surface area contributed by atoms with Crippen molar-refractivity contribution in [2.45, 2.75) is 6.18 Å². The van der Waals surface area contributed by atoms with Gasteiger partial charge in [0.2, 0.25) is 0 Å². The lowest BCUT2D eigenvalue weighted by molar-refractivity contribution is -0.137. The molecular weight excluding hydrogens is 368 g/mol. The van der Waals surface area contributed by atoms with Crippen LogP contribution in [0.15, 0.2) is 41.5 Å². The first-order chi connectivity index (χ1) is 11.2. The highest BCUT2D eigenvalue weighted by atomic mass is 35.5. The first kappa shape index (κ1) is 18.1. The predicted molar refractivity (Wildman–Crippen MR) is 84.6 cm³/mol. The number of phenols is 1. The van der Waals surface area contributed by atoms with E-state index in [1.165, 1.54) is 24.3 Å². The number of carbonyl (C=O) groups is 1. The zero-order valence-corrected chi connectivity index (χ0v) is 13.2. The summed E-state index contributed by atoms with van der Waals surface area (Å²) < 4.78 is 38.6. The van der Waals surface area contributed by atoms with Crippen LogP contribution in [0, 0.1) is 0 Å². The average molecular weight is 377 g/mol. The molecule has 126 valence electrons. The predicted octanol–water partition coefficient (Wildman–Crippen LogP) is 4.48. The Labute approximate surface area is 144 Å². The van der Waals surface area contributed by atoms with Gasteiger partial charge in [0.05, 0.1) is 22.4 Å². The van der Waals surface area contributed by atoms with E-state index in [0.717, 1.165) is 18.3 Å². The van der Waals surface area contributed by atoms with Crippen molar-refractivity contribution in [1.29, 1.82) is 0 Å². The normalized spacial score (nSPS) is 11.7. The first-order valence-electron chi connectivity index (χ1n) is 6.38. The number of hydrogen-bond acceptors (Lipinski definition) is 3. The number of rotatable bonds is 3. The molecule has 0 aliphatic carbocycles. The van der Waals surface area contributed by atoms with Crippen LogP contribution in [-0.4, -0.2) is 17.2 Å². The molecule has 0 saturated carbocycles. The van der Waals surface area contributed by atoms with E-state index in [1.54, 1.807) is 0 Å². The smallest absolute Gasteiger partial charge is 0.417 e. The largest absolute Gasteiger partial charge is 0.506 e. The van der Waals surface area contributed by atoms with Gasteiger partial charge >= 0.3 is 6.18 Å². The Morgan fingerprint density at radius 1 is 1.21 bits per heavy atom. The summed E-state index contributed by atoms with van der Waals surface area (Å²) in [6.07, 6.45) is -3.66. The number of halogens is 5. The van der Waals surface area contributed by atoms with Crippen molar-refractivity contribution >= 4 is 35.3 Å². The molecular formula is C15H9Cl2F3N2O2. The third kappa shape index (κ3) is 4.18. The lowest BCUT2D eigenvalue weighted by atomic mass is 10.1. The monoisotopic (exact) mass is 376 g/mol. The summed E-state index contributed by atoms with van der Waals surface area (Å²) in [5.74, 6) is -1.37. The maximum absolute atomic E-state index is 12.9. The van der Waals surface area contributed by atoms with Gasteiger partial charge in [0.1, 0.15) is 5.75 Å². The zero-order chi connectivity index (χ0) is 17.9. The van der Waals surface area contributed by atoms with Crippen molar-refractivity contribution in [3.05, 3.63) is 63.1 Å². The molecule has 2 aromatic rings. The molecule has 0 unspecified atom stereocenters. The van der Waals surface area contributed by atoms with Gasteiger partial charge in [-0.25, -0.2) is 5.43 Å². The maximum atomic E-state index is 12.9. The van der Waals surface area contributed by atoms with Gasteiger partial charge in [-0.15, -0.1) is 0 Å². The summed E-state index contributed by atoms with van der Waals surface area (Å²) in [5, 5.41) is 13.4. The average Bonchev–Trinajstić information content (AvgIpc) is 2.51. The quantitative estimate of drug-likeness (QED) is 0.612. The fourth-order valence-electron chi connectivity index (χ4n) is 1.83. The van der Waals surface area contributed by atoms with Gasteiger partial charge in [-0.1, -0.05) is 35.3 Å². The fourth-order valence-corrected chi connectivity index (χ4v) is 2.34. The van der Waals surface area contributed by atoms with Gasteiger partial charge in [0.25, 0.3) is 5.91 Å². The Balaban J connectivity index is 2.21. The number of hydrazone groups is 1. The van der Waals surface area contributed by atoms with Gasteiger partial charge in [0, 0.05) is 10.6 Å². The minimum absolute atomic E-state index is 0.0299. The Kier molecular flexibility index (Phi) is 5.36. The second kappa shape index (κ2) is 7.11. The second-order valence-corrected chi connectivity index (χ2v) is 5.41. The molecule has 0 fully saturated rings. The summed E-state index contributed by atoms with van der Waals surface area (Å²) in [4.78, 5) is 11.9. The number of carbonyl (C=O) groups excluding carboxylic acids is 1. The number of hydrogen-bond donors (Lipinski definition) is 2. The minimum Gasteiger partial charge on any atom is -0.506 e. The lowest BCUT2D eigenvalue weighted by Gasteiger charge is -2.11. The van der Waals surface area contributed by atoms with Crippen LogP contribution < -0.4 is 5.43 Å². The van der Waals surface area contributed by atoms with Crippen LogP contribution in [0.5, 0.6) is 5.75 Å². The topological polar surface area (TPSA) is 61.7 Å². The zero-order valence-electron chi connectivity index (χ0n) is 11.7. The van der Waals surface area contributed by atoms with Gasteiger partial charge in [-0.05, 0) is 24.3 Å². The Morgan fingerprint density at radius 2 is 1.88 bits per heavy atom. The van der Waals surface area contributed by atoms with Crippen molar-refractivity contribution in [2.24, 2.45) is 5.10 Å². The third-order valence-electron chi connectivity index (χ3n) is 2.90. The number of nitrogens with zero attached hydrogens (tertiary/aromatic N) is 1. The highest BCUT2D eigenvalue weighted by Crippen LogP contribution is 2.32. The van der Waals surface area contributed by atoms with Crippen LogP contribution >= 0.6 is 23.2 Å². The Hall–Kier alpha value is -2.25. The van der Waals surface area contributed by atoms with Crippen molar-refractivity contribution in [2.75, 3.05) is 0 Å². The van der Waals surface area contributed by atoms with Crippen LogP contribution in [0.25, 0.3) is 0 Å². The van der Waals surface area contributed by atoms with Crippen LogP contribution in [-0.2, 0) is 6.18 Å². The molecule has 1 amide bonds. The van der Waals surface area contributed by atoms with Gasteiger partial charge in [-0.2, -0.15) is 18.3 Å². The van der Waals surface area contributed by atoms with Gasteiger partial charge in [0.15, 0.2) is 0 Å². The Morgan fingerprint density at radius 3 is 2.54 bits per heavy atom. The number of nitrogens with one attached hydrogen (secondary N) is 1. The summed E-state index contributed by atoms with van der Waals surface area (Å²) in [6.45, 7) is 0. The molecule has 9 heteroatoms. The molecule has 0 radical (unpaired) electrons. The molecule has 24 heavy (non-hydrogen) atoms. The molecule has 0 heterocycles. The minimum atomic E-state index is -4.67. The standard InChI is InChI=1S/C15H9Cl2F3N2O2/c16-9-5-8(13(23)12(17)6-9)7-21-22-14(24)10-3-1-2-4-11(10)15(18,19)20/h1-7,23H,(H,22,24)/b21-7+. The highest BCUT2D eigenvalue weighted by molar-refractivity contribution is 6.36. The molecule has 4 nitrogen and oxygen atoms in total. The molecule has 2 rings (SSSR count). The molecule has 0 bridgehead atoms. The van der Waals surface area contributed by atoms with Crippen molar-refractivity contribution in [1.82, 2.24) is 5.43 Å². The molecule has 2 N–H and O–H groups in total. The van der Waals surface area contributed by atoms with E-state index in [1.807, 2.05) is 5.43 Å². The SMILES string of the molecule is O=C(N/N=C/c1cc(Cl)cc(Cl)c1O)c1ccccc1C(F)(F)F. The van der Waals surface area contributed by atoms with E-state index in [-0.39, 0.29) is 21.4 Å². The number of aromatic hydroxyl groups is 1. The van der Waals surface area contributed by atoms with Gasteiger partial charge < -0.3 is 5.11 Å². The lowest BCUT2D eigenvalue weighted by Crippen LogP contribution is -2.22. The molecule has 0 atom stereocenters. The fraction of sp³-hybridized carbons (Fsp3) is 0.0667. The van der Waals surface area contributed by atoms with Crippen molar-refractivity contribution in [3.8, 4) is 5.75 Å². The third-order valence-corrected chi connectivity index (χ3v) is 3.41. The van der Waals surface area contributed by atoms with Crippen molar-refractivity contribution in [3.63, 3.8) is 0 Å². The molecule has 2 aromatic carbocycles. The van der Waals surface area contributed by atoms with Crippen LogP contribution in [0.4, 0.5) is 13.2 Å². The van der Waals surface area contributed by atoms with E-state index >= 15 is 0 Å². The summed E-state index contributed by atoms with van der Waals surface area (Å²) in [5.41, 5.74) is 0.403. The molecule has 0 spiro atoms. The summed E-state index contributed by atoms with van der Waals surface area (Å²) in [6, 6.07) is 6.92. The van der Waals surface area contributed by atoms with Crippen LogP contribution in [0.2, 0.25) is 10.0 Å². The van der Waals surface area contributed by atoms with E-state index in [4.69, 9.17) is 23.2 Å². The number of alkyl halides is 3. The van der Waals surface area contributed by atoms with E-state index < -0.39 is 23.2 Å². The maximum Gasteiger partial charge on any atom is 0.417 e. The molecule has 0 saturated heterocycles. The molecule has 0 aliphatic rings. The summed E-state index contributed by atoms with van der Waals surface area (Å²) in [7, 11) is 0. The van der Waals surface area contributed by atoms with E-state index in [0.29, 0.717) is 0 Å². The van der Waals surface area contributed by atoms with Crippen LogP contribution in [0.3, 0.4) is 0 Å². The second-order valence-electron chi connectivity index (χ2n) is 4.57. The Bertz CT molecular complexity index is 808. The number of amides is 1. The van der Waals surface area contributed by atoms with E-state index in [2.05, 4.69) is 5.10 Å². The highest BCUT2D eigenvalue weighted by Gasteiger charge is 2.34. The summed E-state index contributed by atoms with van der Waals surface area (Å²) >= 11 is 11.5. The molecule has 0 aliphatic heterocycles. The first-order valence-corrected chi connectivity index (χ1v) is 7.13. The van der Waals surface area contributed by atoms with Crippen LogP contribution in [0.1, 0.15) is 21.5 Å².